The third-order valence-corrected chi connectivity index (χ3v) is 0.0833. The van der Waals surface area contributed by atoms with E-state index in [2.05, 4.69) is 0 Å². The minimum Gasteiger partial charge on any atom is -0.855 e. The van der Waals surface area contributed by atoms with Crippen molar-refractivity contribution in [1.29, 1.82) is 0 Å². The second kappa shape index (κ2) is 8.82. The molecule has 0 N–H and O–H groups in total. The van der Waals surface area contributed by atoms with Gasteiger partial charge in [0.15, 0.2) is 0 Å². The minimum atomic E-state index is -0.486. The fourth-order valence-electron chi connectivity index (χ4n) is 0. The van der Waals surface area contributed by atoms with Gasteiger partial charge in [-0.05, 0) is 0 Å². The van der Waals surface area contributed by atoms with Crippen molar-refractivity contribution in [3.8, 4) is 0 Å². The zero-order valence-electron chi connectivity index (χ0n) is 2.94. The molecule has 0 aliphatic carbocycles. The summed E-state index contributed by atoms with van der Waals surface area (Å²) in [6.45, 7) is -0.972. The Morgan fingerprint density at radius 1 is 1.00 bits per heavy atom. The van der Waals surface area contributed by atoms with E-state index < -0.39 is 13.2 Å². The molecule has 0 spiro atoms. The summed E-state index contributed by atoms with van der Waals surface area (Å²) in [5.41, 5.74) is 0. The molecule has 0 unspecified atom stereocenters. The van der Waals surface area contributed by atoms with Crippen molar-refractivity contribution in [1.82, 2.24) is 0 Å². The summed E-state index contributed by atoms with van der Waals surface area (Å²) in [4.78, 5) is 0. The molecule has 0 amide bonds. The van der Waals surface area contributed by atoms with Gasteiger partial charge < -0.3 is 10.2 Å². The quantitative estimate of drug-likeness (QED) is 0.325. The third-order valence-electron chi connectivity index (χ3n) is 0.0833. The van der Waals surface area contributed by atoms with Crippen molar-refractivity contribution >= 4 is 23.1 Å². The van der Waals surface area contributed by atoms with Crippen molar-refractivity contribution in [2.24, 2.45) is 0 Å². The van der Waals surface area contributed by atoms with Gasteiger partial charge in [-0.25, -0.2) is 0 Å². The van der Waals surface area contributed by atoms with E-state index in [0.29, 0.717) is 0 Å². The summed E-state index contributed by atoms with van der Waals surface area (Å²) in [6, 6.07) is 0. The van der Waals surface area contributed by atoms with Crippen LogP contribution >= 0.6 is 0 Å². The Kier molecular flexibility index (Phi) is 16.2. The molecule has 0 aliphatic heterocycles. The molecule has 0 saturated heterocycles. The fraction of sp³-hybridized carbons (Fsp3) is 1.00. The molecule has 0 heterocycles. The van der Waals surface area contributed by atoms with E-state index in [9.17, 15) is 0 Å². The molecule has 0 fully saturated rings. The van der Waals surface area contributed by atoms with Gasteiger partial charge in [-0.15, -0.1) is 0 Å². The Bertz CT molecular complexity index is 9.61. The van der Waals surface area contributed by atoms with Crippen molar-refractivity contribution in [2.75, 3.05) is 13.2 Å². The van der Waals surface area contributed by atoms with Gasteiger partial charge in [-0.2, -0.15) is 13.2 Å². The SMILES string of the molecule is [Mg+2].[O-]CC[O-]. The Balaban J connectivity index is 0. The summed E-state index contributed by atoms with van der Waals surface area (Å²) in [6.07, 6.45) is 0. The largest absolute Gasteiger partial charge is 2.00 e. The van der Waals surface area contributed by atoms with Crippen molar-refractivity contribution in [3.05, 3.63) is 0 Å². The standard InChI is InChI=1S/C2H4O2.Mg/c3-1-2-4;/h1-2H2;/q-2;+2. The van der Waals surface area contributed by atoms with E-state index in [0.717, 1.165) is 0 Å². The van der Waals surface area contributed by atoms with E-state index in [1.54, 1.807) is 0 Å². The number of rotatable bonds is 1. The number of hydrogen-bond donors (Lipinski definition) is 0. The molecule has 3 heteroatoms. The zero-order valence-corrected chi connectivity index (χ0v) is 4.35. The summed E-state index contributed by atoms with van der Waals surface area (Å²) in [5, 5.41) is 18.0. The van der Waals surface area contributed by atoms with Gasteiger partial charge in [0.05, 0.1) is 0 Å². The molecular weight excluding hydrogens is 80.3 g/mol. The molecule has 0 aliphatic rings. The normalized spacial score (nSPS) is 6.00. The maximum absolute atomic E-state index is 8.99. The van der Waals surface area contributed by atoms with Crippen molar-refractivity contribution in [3.63, 3.8) is 0 Å². The van der Waals surface area contributed by atoms with Crippen LogP contribution in [0.5, 0.6) is 0 Å². The van der Waals surface area contributed by atoms with Crippen LogP contribution in [-0.4, -0.2) is 36.3 Å². The molecule has 0 radical (unpaired) electrons. The van der Waals surface area contributed by atoms with Crippen LogP contribution in [0.3, 0.4) is 0 Å². The molecule has 26 valence electrons. The monoisotopic (exact) mass is 84.0 g/mol. The summed E-state index contributed by atoms with van der Waals surface area (Å²) in [5.74, 6) is 0. The molecule has 0 rings (SSSR count). The van der Waals surface area contributed by atoms with Gasteiger partial charge >= 0.3 is 23.1 Å². The average Bonchev–Trinajstić information content (AvgIpc) is 1.37. The van der Waals surface area contributed by atoms with Crippen LogP contribution in [-0.2, 0) is 0 Å². The van der Waals surface area contributed by atoms with Crippen LogP contribution in [0.4, 0.5) is 0 Å². The first-order chi connectivity index (χ1) is 1.91. The predicted octanol–water partition coefficient (Wildman–Crippen LogP) is -2.67. The van der Waals surface area contributed by atoms with E-state index >= 15 is 0 Å². The van der Waals surface area contributed by atoms with E-state index in [1.165, 1.54) is 0 Å². The topological polar surface area (TPSA) is 46.1 Å². The third kappa shape index (κ3) is 11.9. The smallest absolute Gasteiger partial charge is 0.855 e. The van der Waals surface area contributed by atoms with Gasteiger partial charge in [-0.1, -0.05) is 0 Å². The van der Waals surface area contributed by atoms with E-state index in [4.69, 9.17) is 10.2 Å². The fourth-order valence-corrected chi connectivity index (χ4v) is 0. The molecular formula is C2H4MgO2. The first-order valence-electron chi connectivity index (χ1n) is 1.08. The maximum Gasteiger partial charge on any atom is 2.00 e. The summed E-state index contributed by atoms with van der Waals surface area (Å²) in [7, 11) is 0. The molecule has 2 nitrogen and oxygen atoms in total. The van der Waals surface area contributed by atoms with Crippen LogP contribution in [0.1, 0.15) is 0 Å². The van der Waals surface area contributed by atoms with Gasteiger partial charge in [0.1, 0.15) is 0 Å². The van der Waals surface area contributed by atoms with Crippen LogP contribution in [0, 0.1) is 0 Å². The van der Waals surface area contributed by atoms with Gasteiger partial charge in [0.25, 0.3) is 0 Å². The molecule has 0 bridgehead atoms. The minimum absolute atomic E-state index is 0. The van der Waals surface area contributed by atoms with Crippen LogP contribution in [0.25, 0.3) is 0 Å². The van der Waals surface area contributed by atoms with Crippen molar-refractivity contribution in [2.45, 2.75) is 0 Å². The molecule has 0 aromatic carbocycles. The molecule has 5 heavy (non-hydrogen) atoms. The van der Waals surface area contributed by atoms with Crippen LogP contribution in [0.2, 0.25) is 0 Å². The van der Waals surface area contributed by atoms with Crippen LogP contribution in [0.15, 0.2) is 0 Å². The zero-order chi connectivity index (χ0) is 3.41. The van der Waals surface area contributed by atoms with Gasteiger partial charge in [-0.3, -0.25) is 0 Å². The molecule has 0 aromatic rings. The van der Waals surface area contributed by atoms with Crippen molar-refractivity contribution < 1.29 is 10.2 Å². The Hall–Kier alpha value is 0.686. The molecule has 0 aromatic heterocycles. The Morgan fingerprint density at radius 3 is 1.20 bits per heavy atom. The van der Waals surface area contributed by atoms with Gasteiger partial charge in [0, 0.05) is 0 Å². The van der Waals surface area contributed by atoms with E-state index in [-0.39, 0.29) is 23.1 Å². The second-order valence-corrected chi connectivity index (χ2v) is 0.408. The van der Waals surface area contributed by atoms with E-state index in [1.807, 2.05) is 0 Å². The average molecular weight is 84.4 g/mol. The molecule has 0 saturated carbocycles. The Labute approximate surface area is 47.0 Å². The predicted molar refractivity (Wildman–Crippen MR) is 15.5 cm³/mol. The van der Waals surface area contributed by atoms with Crippen LogP contribution < -0.4 is 10.2 Å². The maximum atomic E-state index is 8.99. The van der Waals surface area contributed by atoms with Gasteiger partial charge in [0.2, 0.25) is 0 Å². The number of hydrogen-bond acceptors (Lipinski definition) is 2. The first kappa shape index (κ1) is 9.19. The molecule has 0 atom stereocenters. The Morgan fingerprint density at radius 2 is 1.20 bits per heavy atom. The second-order valence-electron chi connectivity index (χ2n) is 0.408. The first-order valence-corrected chi connectivity index (χ1v) is 1.08. The summed E-state index contributed by atoms with van der Waals surface area (Å²) >= 11 is 0. The summed E-state index contributed by atoms with van der Waals surface area (Å²) < 4.78 is 0.